The van der Waals surface area contributed by atoms with Crippen LogP contribution in [0.25, 0.3) is 0 Å². The lowest BCUT2D eigenvalue weighted by atomic mass is 10.2. The van der Waals surface area contributed by atoms with Gasteiger partial charge in [-0.05, 0) is 18.6 Å². The van der Waals surface area contributed by atoms with E-state index in [0.29, 0.717) is 6.47 Å². The largest absolute Gasteiger partial charge is 0.456 e. The van der Waals surface area contributed by atoms with Crippen molar-refractivity contribution in [3.05, 3.63) is 24.3 Å². The van der Waals surface area contributed by atoms with Crippen LogP contribution in [-0.2, 0) is 9.53 Å². The highest BCUT2D eigenvalue weighted by atomic mass is 16.5. The fourth-order valence-electron chi connectivity index (χ4n) is 0.723. The highest BCUT2D eigenvalue weighted by Gasteiger charge is 1.99. The summed E-state index contributed by atoms with van der Waals surface area (Å²) in [5.41, 5.74) is 0. The van der Waals surface area contributed by atoms with E-state index in [9.17, 15) is 4.79 Å². The van der Waals surface area contributed by atoms with Crippen molar-refractivity contribution in [1.82, 2.24) is 0 Å². The minimum Gasteiger partial charge on any atom is -0.456 e. The molecule has 0 amide bonds. The first-order valence-corrected chi connectivity index (χ1v) is 2.86. The van der Waals surface area contributed by atoms with Gasteiger partial charge in [-0.15, -0.1) is 0 Å². The van der Waals surface area contributed by atoms with Crippen LogP contribution < -0.4 is 0 Å². The van der Waals surface area contributed by atoms with Crippen LogP contribution in [-0.4, -0.2) is 12.6 Å². The summed E-state index contributed by atoms with van der Waals surface area (Å²) in [7, 11) is 0. The number of hydrogen-bond donors (Lipinski definition) is 0. The Balaban J connectivity index is 2.39. The Morgan fingerprint density at radius 2 is 2.11 bits per heavy atom. The van der Waals surface area contributed by atoms with Crippen molar-refractivity contribution in [2.75, 3.05) is 0 Å². The molecule has 0 aliphatic heterocycles. The summed E-state index contributed by atoms with van der Waals surface area (Å²) in [6, 6.07) is 0. The van der Waals surface area contributed by atoms with Crippen LogP contribution in [0.4, 0.5) is 0 Å². The van der Waals surface area contributed by atoms with Crippen molar-refractivity contribution < 1.29 is 9.53 Å². The smallest absolute Gasteiger partial charge is 0.293 e. The lowest BCUT2D eigenvalue weighted by Crippen LogP contribution is -2.05. The summed E-state index contributed by atoms with van der Waals surface area (Å²) in [6.45, 7) is 0.463. The molecule has 0 N–H and O–H groups in total. The Morgan fingerprint density at radius 1 is 1.44 bits per heavy atom. The molecule has 0 spiro atoms. The summed E-state index contributed by atoms with van der Waals surface area (Å²) >= 11 is 0. The third kappa shape index (κ3) is 1.72. The summed E-state index contributed by atoms with van der Waals surface area (Å²) in [6.07, 6.45) is 8.46. The van der Waals surface area contributed by atoms with E-state index >= 15 is 0 Å². The highest BCUT2D eigenvalue weighted by Crippen LogP contribution is 2.03. The second-order valence-electron chi connectivity index (χ2n) is 1.79. The van der Waals surface area contributed by atoms with E-state index in [4.69, 9.17) is 0 Å². The average molecular weight is 124 g/mol. The van der Waals surface area contributed by atoms with Crippen molar-refractivity contribution in [2.24, 2.45) is 0 Å². The average Bonchev–Trinajstić information content (AvgIpc) is 1.91. The quantitative estimate of drug-likeness (QED) is 0.406. The first-order valence-electron chi connectivity index (χ1n) is 2.86. The number of ether oxygens (including phenoxy) is 1. The maximum absolute atomic E-state index is 9.78. The van der Waals surface area contributed by atoms with Gasteiger partial charge in [-0.2, -0.15) is 0 Å². The molecule has 0 aromatic rings. The molecule has 48 valence electrons. The molecule has 0 fully saturated rings. The van der Waals surface area contributed by atoms with Gasteiger partial charge >= 0.3 is 0 Å². The van der Waals surface area contributed by atoms with Crippen LogP contribution in [0.1, 0.15) is 6.42 Å². The molecule has 0 atom stereocenters. The van der Waals surface area contributed by atoms with Gasteiger partial charge in [0.2, 0.25) is 0 Å². The molecule has 2 heteroatoms. The molecule has 2 nitrogen and oxygen atoms in total. The summed E-state index contributed by atoms with van der Waals surface area (Å²) in [5, 5.41) is 0. The number of carbonyl (C=O) groups is 1. The first-order chi connectivity index (χ1) is 4.43. The third-order valence-electron chi connectivity index (χ3n) is 1.14. The van der Waals surface area contributed by atoms with Gasteiger partial charge in [0.05, 0.1) is 0 Å². The van der Waals surface area contributed by atoms with E-state index in [1.54, 1.807) is 0 Å². The van der Waals surface area contributed by atoms with Gasteiger partial charge in [0, 0.05) is 0 Å². The standard InChI is InChI=1S/C7H8O2/c8-6-9-7-4-2-1-3-5-7/h2-7H,1H2. The molecule has 1 aliphatic carbocycles. The minimum absolute atomic E-state index is 0.128. The third-order valence-corrected chi connectivity index (χ3v) is 1.14. The van der Waals surface area contributed by atoms with Crippen molar-refractivity contribution in [3.63, 3.8) is 0 Å². The number of carbonyl (C=O) groups excluding carboxylic acids is 1. The predicted octanol–water partition coefficient (Wildman–Crippen LogP) is 1.04. The summed E-state index contributed by atoms with van der Waals surface area (Å²) in [4.78, 5) is 9.78. The molecular weight excluding hydrogens is 116 g/mol. The van der Waals surface area contributed by atoms with Crippen LogP contribution in [0.5, 0.6) is 0 Å². The molecule has 0 heterocycles. The van der Waals surface area contributed by atoms with Gasteiger partial charge in [-0.25, -0.2) is 0 Å². The lowest BCUT2D eigenvalue weighted by Gasteiger charge is -2.06. The van der Waals surface area contributed by atoms with Gasteiger partial charge < -0.3 is 4.74 Å². The van der Waals surface area contributed by atoms with E-state index in [-0.39, 0.29) is 6.10 Å². The molecule has 9 heavy (non-hydrogen) atoms. The Hall–Kier alpha value is -1.05. The Bertz CT molecular complexity index is 135. The van der Waals surface area contributed by atoms with Crippen LogP contribution in [0.3, 0.4) is 0 Å². The minimum atomic E-state index is -0.128. The fourth-order valence-corrected chi connectivity index (χ4v) is 0.723. The molecule has 1 aliphatic rings. The van der Waals surface area contributed by atoms with Crippen molar-refractivity contribution in [1.29, 1.82) is 0 Å². The van der Waals surface area contributed by atoms with Crippen LogP contribution >= 0.6 is 0 Å². The van der Waals surface area contributed by atoms with Crippen molar-refractivity contribution in [2.45, 2.75) is 12.5 Å². The number of hydrogen-bond acceptors (Lipinski definition) is 2. The van der Waals surface area contributed by atoms with Crippen molar-refractivity contribution >= 4 is 6.47 Å². The second-order valence-corrected chi connectivity index (χ2v) is 1.79. The zero-order valence-electron chi connectivity index (χ0n) is 4.99. The predicted molar refractivity (Wildman–Crippen MR) is 33.8 cm³/mol. The number of rotatable bonds is 2. The van der Waals surface area contributed by atoms with Gasteiger partial charge in [0.1, 0.15) is 6.10 Å². The molecule has 1 rings (SSSR count). The molecule has 0 saturated carbocycles. The van der Waals surface area contributed by atoms with Gasteiger partial charge in [0.25, 0.3) is 6.47 Å². The SMILES string of the molecule is O=COC1C=CCC=C1. The fraction of sp³-hybridized carbons (Fsp3) is 0.286. The Morgan fingerprint density at radius 3 is 2.67 bits per heavy atom. The van der Waals surface area contributed by atoms with Gasteiger partial charge in [-0.1, -0.05) is 12.2 Å². The van der Waals surface area contributed by atoms with Gasteiger partial charge in [-0.3, -0.25) is 4.79 Å². The van der Waals surface area contributed by atoms with E-state index in [1.807, 2.05) is 24.3 Å². The lowest BCUT2D eigenvalue weighted by molar-refractivity contribution is -0.129. The monoisotopic (exact) mass is 124 g/mol. The first kappa shape index (κ1) is 6.08. The normalized spacial score (nSPS) is 17.8. The van der Waals surface area contributed by atoms with Gasteiger partial charge in [0.15, 0.2) is 0 Å². The molecule has 0 aromatic carbocycles. The molecule has 0 bridgehead atoms. The summed E-state index contributed by atoms with van der Waals surface area (Å²) in [5.74, 6) is 0. The zero-order valence-corrected chi connectivity index (χ0v) is 4.99. The number of allylic oxidation sites excluding steroid dienone is 2. The zero-order chi connectivity index (χ0) is 6.53. The molecule has 0 unspecified atom stereocenters. The highest BCUT2D eigenvalue weighted by molar-refractivity contribution is 5.39. The van der Waals surface area contributed by atoms with Crippen molar-refractivity contribution in [3.8, 4) is 0 Å². The molecule has 0 saturated heterocycles. The van der Waals surface area contributed by atoms with E-state index in [0.717, 1.165) is 6.42 Å². The molecular formula is C7H8O2. The molecule has 0 aromatic heterocycles. The topological polar surface area (TPSA) is 26.3 Å². The second kappa shape index (κ2) is 3.07. The van der Waals surface area contributed by atoms with E-state index < -0.39 is 0 Å². The Kier molecular flexibility index (Phi) is 2.07. The van der Waals surface area contributed by atoms with Crippen LogP contribution in [0, 0.1) is 0 Å². The molecule has 0 radical (unpaired) electrons. The van der Waals surface area contributed by atoms with E-state index in [2.05, 4.69) is 4.74 Å². The summed E-state index contributed by atoms with van der Waals surface area (Å²) < 4.78 is 4.63. The van der Waals surface area contributed by atoms with Crippen LogP contribution in [0.15, 0.2) is 24.3 Å². The van der Waals surface area contributed by atoms with E-state index in [1.165, 1.54) is 0 Å². The Labute approximate surface area is 53.8 Å². The van der Waals surface area contributed by atoms with Crippen LogP contribution in [0.2, 0.25) is 0 Å². The maximum atomic E-state index is 9.78. The maximum Gasteiger partial charge on any atom is 0.293 e.